The fourth-order valence-electron chi connectivity index (χ4n) is 8.69. The molecule has 3 heterocycles. The van der Waals surface area contributed by atoms with Crippen molar-refractivity contribution >= 4 is 66.4 Å². The van der Waals surface area contributed by atoms with Crippen molar-refractivity contribution in [1.82, 2.24) is 20.8 Å². The van der Waals surface area contributed by atoms with Gasteiger partial charge in [0.25, 0.3) is 11.8 Å². The van der Waals surface area contributed by atoms with Crippen LogP contribution < -0.4 is 20.8 Å². The molecule has 4 aromatic rings. The van der Waals surface area contributed by atoms with E-state index in [1.54, 1.807) is 0 Å². The molecule has 0 bridgehead atoms. The van der Waals surface area contributed by atoms with Crippen molar-refractivity contribution in [1.29, 1.82) is 0 Å². The number of carbonyl (C=O) groups excluding carboxylic acids is 2. The van der Waals surface area contributed by atoms with Gasteiger partial charge >= 0.3 is 0 Å². The minimum Gasteiger partial charge on any atom is -0.378 e. The number of hydrogen-bond acceptors (Lipinski definition) is 13. The van der Waals surface area contributed by atoms with E-state index in [1.165, 1.54) is 30.5 Å². The second-order valence-electron chi connectivity index (χ2n) is 20.4. The first-order valence-corrected chi connectivity index (χ1v) is 29.4. The topological polar surface area (TPSA) is 178 Å². The van der Waals surface area contributed by atoms with E-state index in [0.717, 1.165) is 96.0 Å². The molecule has 18 heteroatoms. The summed E-state index contributed by atoms with van der Waals surface area (Å²) in [5, 5.41) is 8.97. The number of nitrogens with zero attached hydrogens (tertiary/aromatic N) is 4. The van der Waals surface area contributed by atoms with Gasteiger partial charge < -0.3 is 14.5 Å². The van der Waals surface area contributed by atoms with Crippen molar-refractivity contribution in [3.05, 3.63) is 143 Å². The number of nitrogens with one attached hydrogen (secondary N) is 2. The minimum atomic E-state index is -3.69. The highest BCUT2D eigenvalue weighted by molar-refractivity contribution is 7.93. The summed E-state index contributed by atoms with van der Waals surface area (Å²) < 4.78 is 51.8. The van der Waals surface area contributed by atoms with Gasteiger partial charge in [-0.3, -0.25) is 24.6 Å². The van der Waals surface area contributed by atoms with Crippen LogP contribution in [0.3, 0.4) is 0 Å². The Kier molecular flexibility index (Phi) is 22.5. The maximum absolute atomic E-state index is 12.9. The molecule has 1 saturated heterocycles. The van der Waals surface area contributed by atoms with Crippen LogP contribution >= 0.6 is 12.4 Å². The van der Waals surface area contributed by atoms with Crippen LogP contribution in [0.1, 0.15) is 92.2 Å². The molecule has 2 amide bonds. The molecule has 7 rings (SSSR count). The van der Waals surface area contributed by atoms with E-state index in [1.807, 2.05) is 76.7 Å². The fraction of sp³-hybridized carbons (Fsp3) is 0.424. The Morgan fingerprint density at radius 2 is 1.01 bits per heavy atom. The number of rotatable bonds is 16. The molecule has 15 nitrogen and oxygen atoms in total. The molecule has 3 N–H and O–H groups in total. The predicted octanol–water partition coefficient (Wildman–Crippen LogP) is 7.37. The van der Waals surface area contributed by atoms with Gasteiger partial charge in [0, 0.05) is 127 Å². The second kappa shape index (κ2) is 28.1. The number of sulfone groups is 2. The minimum absolute atomic E-state index is 0. The zero-order valence-corrected chi connectivity index (χ0v) is 48.0. The van der Waals surface area contributed by atoms with Crippen molar-refractivity contribution in [3.8, 4) is 23.7 Å². The Balaban J connectivity index is 0.000000284. The Labute approximate surface area is 463 Å². The van der Waals surface area contributed by atoms with Crippen molar-refractivity contribution in [3.63, 3.8) is 0 Å². The third-order valence-corrected chi connectivity index (χ3v) is 18.6. The highest BCUT2D eigenvalue weighted by atomic mass is 35.5. The summed E-state index contributed by atoms with van der Waals surface area (Å²) in [6.07, 6.45) is 10.4. The lowest BCUT2D eigenvalue weighted by Gasteiger charge is -2.32. The highest BCUT2D eigenvalue weighted by Crippen LogP contribution is 2.28. The number of anilines is 2. The fourth-order valence-corrected chi connectivity index (χ4v) is 10.4. The molecule has 0 aliphatic carbocycles. The van der Waals surface area contributed by atoms with Gasteiger partial charge in [0.1, 0.15) is 0 Å². The maximum atomic E-state index is 12.9. The maximum Gasteiger partial charge on any atom is 0.264 e. The van der Waals surface area contributed by atoms with Crippen molar-refractivity contribution in [2.75, 3.05) is 96.4 Å². The molecule has 0 spiro atoms. The lowest BCUT2D eigenvalue weighted by Crippen LogP contribution is -2.52. The number of halogens is 1. The first kappa shape index (κ1) is 61.9. The first-order valence-electron chi connectivity index (χ1n) is 25.6. The molecule has 0 aromatic heterocycles. The SMILES string of the molecule is CN(C)c1ccc(C#Cc2ccc(C3=CCN(CCC(C)(C(=O)NO)S(C)(=O)=O)CC3)cc2)cc1.CN(C)c1ccc(C#Cc2ccc(C3=CCN(CCC(C)(C(=O)NOC4CCCCO4)S(C)(=O)=O)CC3)cc2)cc1.Cl. The number of carbonyl (C=O) groups is 2. The van der Waals surface area contributed by atoms with Crippen molar-refractivity contribution < 1.29 is 41.2 Å². The second-order valence-corrected chi connectivity index (χ2v) is 25.3. The normalized spacial score (nSPS) is 17.5. The van der Waals surface area contributed by atoms with E-state index in [2.05, 4.69) is 109 Å². The molecule has 3 aliphatic heterocycles. The number of amides is 2. The van der Waals surface area contributed by atoms with E-state index in [9.17, 15) is 26.4 Å². The molecule has 0 radical (unpaired) electrons. The van der Waals surface area contributed by atoms with Crippen LogP contribution in [0.25, 0.3) is 11.1 Å². The first-order chi connectivity index (χ1) is 36.1. The standard InChI is InChI=1S/C32H41N3O5S.C27H33N3O4S.ClH/c1-32(41(4,37)38,31(36)33-40-30-7-5-6-24-39-30)20-23-35-21-18-28(19-22-35)27-14-10-25(11-15-27)8-9-26-12-16-29(17-13-26)34(2)3;1-27(26(31)28-32,35(4,33)34)17-20-30-18-15-24(16-19-30)23-11-7-21(8-12-23)5-6-22-9-13-25(14-10-22)29(2)3;/h10-18,30H,5-7,19-24H2,1-4H3,(H,33,36);7-15,32H,16-20H2,1-4H3,(H,28,31);1H. The summed E-state index contributed by atoms with van der Waals surface area (Å²) in [5.41, 5.74) is 14.8. The van der Waals surface area contributed by atoms with Crippen LogP contribution in [0.5, 0.6) is 0 Å². The Bertz CT molecular complexity index is 3050. The average molecular weight is 1110 g/mol. The van der Waals surface area contributed by atoms with Crippen LogP contribution in [0, 0.1) is 23.7 Å². The molecule has 1 fully saturated rings. The van der Waals surface area contributed by atoms with E-state index >= 15 is 0 Å². The van der Waals surface area contributed by atoms with Gasteiger partial charge in [0.15, 0.2) is 35.5 Å². The smallest absolute Gasteiger partial charge is 0.264 e. The zero-order chi connectivity index (χ0) is 55.1. The van der Waals surface area contributed by atoms with Crippen molar-refractivity contribution in [2.45, 2.75) is 74.6 Å². The predicted molar refractivity (Wildman–Crippen MR) is 310 cm³/mol. The third kappa shape index (κ3) is 17.3. The summed E-state index contributed by atoms with van der Waals surface area (Å²) in [6, 6.07) is 32.8. The lowest BCUT2D eigenvalue weighted by atomic mass is 9.97. The van der Waals surface area contributed by atoms with Gasteiger partial charge in [-0.2, -0.15) is 0 Å². The molecule has 77 heavy (non-hydrogen) atoms. The summed E-state index contributed by atoms with van der Waals surface area (Å²) in [5.74, 6) is 11.3. The van der Waals surface area contributed by atoms with Crippen LogP contribution in [-0.4, -0.2) is 146 Å². The van der Waals surface area contributed by atoms with Crippen LogP contribution in [0.15, 0.2) is 109 Å². The number of hydrogen-bond donors (Lipinski definition) is 3. The largest absolute Gasteiger partial charge is 0.378 e. The Hall–Kier alpha value is -5.99. The van der Waals surface area contributed by atoms with Gasteiger partial charge in [-0.05, 0) is 147 Å². The number of hydroxylamine groups is 2. The molecular formula is C59H75ClN6O9S2. The van der Waals surface area contributed by atoms with Crippen LogP contribution in [0.2, 0.25) is 0 Å². The molecule has 3 atom stereocenters. The van der Waals surface area contributed by atoms with E-state index in [4.69, 9.17) is 14.8 Å². The summed E-state index contributed by atoms with van der Waals surface area (Å²) in [6.45, 7) is 7.20. The monoisotopic (exact) mass is 1110 g/mol. The molecule has 3 unspecified atom stereocenters. The van der Waals surface area contributed by atoms with Gasteiger partial charge in [0.2, 0.25) is 0 Å². The van der Waals surface area contributed by atoms with Crippen LogP contribution in [0.4, 0.5) is 11.4 Å². The van der Waals surface area contributed by atoms with Gasteiger partial charge in [-0.25, -0.2) is 32.6 Å². The lowest BCUT2D eigenvalue weighted by molar-refractivity contribution is -0.201. The number of ether oxygens (including phenoxy) is 1. The summed E-state index contributed by atoms with van der Waals surface area (Å²) in [7, 11) is 0.670. The van der Waals surface area contributed by atoms with Gasteiger partial charge in [0.05, 0.1) is 0 Å². The van der Waals surface area contributed by atoms with Gasteiger partial charge in [-0.1, -0.05) is 60.1 Å². The van der Waals surface area contributed by atoms with E-state index in [0.29, 0.717) is 39.2 Å². The average Bonchev–Trinajstić information content (AvgIpc) is 3.42. The molecule has 4 aromatic carbocycles. The Morgan fingerprint density at radius 1 is 0.636 bits per heavy atom. The van der Waals surface area contributed by atoms with Crippen molar-refractivity contribution in [2.24, 2.45) is 0 Å². The zero-order valence-electron chi connectivity index (χ0n) is 45.6. The quantitative estimate of drug-likeness (QED) is 0.0576. The molecule has 0 saturated carbocycles. The number of benzene rings is 4. The molecular weight excluding hydrogens is 1040 g/mol. The third-order valence-electron chi connectivity index (χ3n) is 14.5. The highest BCUT2D eigenvalue weighted by Gasteiger charge is 2.45. The molecule has 414 valence electrons. The van der Waals surface area contributed by atoms with E-state index < -0.39 is 47.3 Å². The molecule has 3 aliphatic rings. The Morgan fingerprint density at radius 3 is 1.32 bits per heavy atom. The summed E-state index contributed by atoms with van der Waals surface area (Å²) in [4.78, 5) is 38.7. The summed E-state index contributed by atoms with van der Waals surface area (Å²) >= 11 is 0. The van der Waals surface area contributed by atoms with Crippen LogP contribution in [-0.2, 0) is 38.8 Å². The van der Waals surface area contributed by atoms with Gasteiger partial charge in [-0.15, -0.1) is 12.4 Å². The van der Waals surface area contributed by atoms with E-state index in [-0.39, 0.29) is 25.2 Å².